The first-order valence-corrected chi connectivity index (χ1v) is 6.96. The molecule has 1 heterocycles. The van der Waals surface area contributed by atoms with Crippen molar-refractivity contribution in [2.24, 2.45) is 5.73 Å². The van der Waals surface area contributed by atoms with Crippen LogP contribution in [0.4, 0.5) is 11.4 Å². The summed E-state index contributed by atoms with van der Waals surface area (Å²) in [5, 5.41) is 0. The van der Waals surface area contributed by atoms with Gasteiger partial charge in [-0.1, -0.05) is 6.07 Å². The van der Waals surface area contributed by atoms with Gasteiger partial charge < -0.3 is 16.4 Å². The molecule has 0 bridgehead atoms. The van der Waals surface area contributed by atoms with Crippen LogP contribution in [-0.4, -0.2) is 29.5 Å². The number of nitrogen functional groups attached to an aromatic ring is 1. The Bertz CT molecular complexity index is 473. The molecule has 1 aromatic carbocycles. The second-order valence-corrected chi connectivity index (χ2v) is 6.94. The van der Waals surface area contributed by atoms with Gasteiger partial charge >= 0.3 is 0 Å². The highest BCUT2D eigenvalue weighted by Crippen LogP contribution is 2.36. The number of hydrogen-bond acceptors (Lipinski definition) is 4. The van der Waals surface area contributed by atoms with Crippen molar-refractivity contribution in [3.05, 3.63) is 23.8 Å². The summed E-state index contributed by atoms with van der Waals surface area (Å²) in [6, 6.07) is 5.32. The highest BCUT2D eigenvalue weighted by atomic mass is 32.2. The summed E-state index contributed by atoms with van der Waals surface area (Å²) < 4.78 is 0.162. The molecule has 4 N–H and O–H groups in total. The first kappa shape index (κ1) is 13.1. The molecule has 5 heteroatoms. The topological polar surface area (TPSA) is 72.3 Å². The minimum Gasteiger partial charge on any atom is -0.397 e. The molecular weight excluding hydrogens is 246 g/mol. The summed E-state index contributed by atoms with van der Waals surface area (Å²) in [5.41, 5.74) is 13.4. The van der Waals surface area contributed by atoms with Crippen molar-refractivity contribution in [1.82, 2.24) is 0 Å². The maximum atomic E-state index is 11.5. The second-order valence-electron chi connectivity index (χ2n) is 5.14. The molecule has 18 heavy (non-hydrogen) atoms. The van der Waals surface area contributed by atoms with Crippen molar-refractivity contribution in [3.63, 3.8) is 0 Å². The largest absolute Gasteiger partial charge is 0.397 e. The van der Waals surface area contributed by atoms with E-state index in [1.54, 1.807) is 12.1 Å². The lowest BCUT2D eigenvalue weighted by Gasteiger charge is -2.40. The summed E-state index contributed by atoms with van der Waals surface area (Å²) in [6.07, 6.45) is 0. The van der Waals surface area contributed by atoms with Crippen molar-refractivity contribution in [1.29, 1.82) is 0 Å². The molecule has 0 atom stereocenters. The van der Waals surface area contributed by atoms with E-state index >= 15 is 0 Å². The number of carbonyl (C=O) groups excluding carboxylic acids is 1. The normalized spacial score (nSPS) is 18.7. The zero-order valence-electron chi connectivity index (χ0n) is 10.8. The Hall–Kier alpha value is -1.36. The first-order valence-electron chi connectivity index (χ1n) is 5.98. The SMILES string of the molecule is CC1(C)CN(c2c(N)cccc2C(N)=O)CCS1. The molecule has 1 aliphatic rings. The Morgan fingerprint density at radius 1 is 1.44 bits per heavy atom. The maximum Gasteiger partial charge on any atom is 0.250 e. The third-order valence-corrected chi connectivity index (χ3v) is 4.37. The smallest absolute Gasteiger partial charge is 0.250 e. The average molecular weight is 265 g/mol. The monoisotopic (exact) mass is 265 g/mol. The van der Waals surface area contributed by atoms with Crippen LogP contribution < -0.4 is 16.4 Å². The number of nitrogens with two attached hydrogens (primary N) is 2. The standard InChI is InChI=1S/C13H19N3OS/c1-13(2)8-16(6-7-18-13)11-9(12(15)17)4-3-5-10(11)14/h3-5H,6-8,14H2,1-2H3,(H2,15,17). The van der Waals surface area contributed by atoms with Gasteiger partial charge in [0.1, 0.15) is 0 Å². The number of para-hydroxylation sites is 1. The van der Waals surface area contributed by atoms with Crippen LogP contribution in [-0.2, 0) is 0 Å². The van der Waals surface area contributed by atoms with Crippen LogP contribution >= 0.6 is 11.8 Å². The number of hydrogen-bond donors (Lipinski definition) is 2. The molecule has 0 radical (unpaired) electrons. The lowest BCUT2D eigenvalue weighted by atomic mass is 10.1. The van der Waals surface area contributed by atoms with Gasteiger partial charge in [-0.15, -0.1) is 0 Å². The molecule has 98 valence electrons. The van der Waals surface area contributed by atoms with Gasteiger partial charge in [-0.3, -0.25) is 4.79 Å². The molecule has 1 amide bonds. The van der Waals surface area contributed by atoms with Gasteiger partial charge in [0.25, 0.3) is 5.91 Å². The average Bonchev–Trinajstić information content (AvgIpc) is 2.27. The number of anilines is 2. The fourth-order valence-corrected chi connectivity index (χ4v) is 3.43. The van der Waals surface area contributed by atoms with Crippen LogP contribution in [0.3, 0.4) is 0 Å². The Kier molecular flexibility index (Phi) is 3.43. The van der Waals surface area contributed by atoms with Gasteiger partial charge in [0.05, 0.1) is 16.9 Å². The molecule has 4 nitrogen and oxygen atoms in total. The Labute approximate surface area is 112 Å². The molecule has 0 unspecified atom stereocenters. The van der Waals surface area contributed by atoms with E-state index < -0.39 is 5.91 Å². The maximum absolute atomic E-state index is 11.5. The summed E-state index contributed by atoms with van der Waals surface area (Å²) in [5.74, 6) is 0.604. The van der Waals surface area contributed by atoms with Crippen molar-refractivity contribution in [2.45, 2.75) is 18.6 Å². The van der Waals surface area contributed by atoms with E-state index in [0.717, 1.165) is 24.5 Å². The minimum absolute atomic E-state index is 0.162. The van der Waals surface area contributed by atoms with Crippen LogP contribution in [0.15, 0.2) is 18.2 Å². The van der Waals surface area contributed by atoms with Crippen LogP contribution in [0.2, 0.25) is 0 Å². The summed E-state index contributed by atoms with van der Waals surface area (Å²) in [6.45, 7) is 6.16. The van der Waals surface area contributed by atoms with Crippen LogP contribution in [0.5, 0.6) is 0 Å². The third-order valence-electron chi connectivity index (χ3n) is 3.07. The summed E-state index contributed by atoms with van der Waals surface area (Å²) >= 11 is 1.94. The van der Waals surface area contributed by atoms with E-state index in [9.17, 15) is 4.79 Å². The van der Waals surface area contributed by atoms with E-state index in [4.69, 9.17) is 11.5 Å². The third kappa shape index (κ3) is 2.56. The van der Waals surface area contributed by atoms with Crippen molar-refractivity contribution in [2.75, 3.05) is 29.5 Å². The number of nitrogens with zero attached hydrogens (tertiary/aromatic N) is 1. The zero-order chi connectivity index (χ0) is 13.3. The molecule has 0 spiro atoms. The van der Waals surface area contributed by atoms with Gasteiger partial charge in [0, 0.05) is 23.6 Å². The molecule has 1 aliphatic heterocycles. The second kappa shape index (κ2) is 4.72. The van der Waals surface area contributed by atoms with Crippen LogP contribution in [0.1, 0.15) is 24.2 Å². The molecule has 0 aliphatic carbocycles. The molecule has 0 saturated carbocycles. The molecular formula is C13H19N3OS. The number of amides is 1. The van der Waals surface area contributed by atoms with E-state index in [0.29, 0.717) is 11.3 Å². The molecule has 1 saturated heterocycles. The lowest BCUT2D eigenvalue weighted by Crippen LogP contribution is -2.44. The fourth-order valence-electron chi connectivity index (χ4n) is 2.32. The molecule has 2 rings (SSSR count). The predicted octanol–water partition coefficient (Wildman–Crippen LogP) is 1.70. The zero-order valence-corrected chi connectivity index (χ0v) is 11.6. The Balaban J connectivity index is 2.41. The fraction of sp³-hybridized carbons (Fsp3) is 0.462. The van der Waals surface area contributed by atoms with Gasteiger partial charge in [-0.05, 0) is 26.0 Å². The van der Waals surface area contributed by atoms with Crippen LogP contribution in [0, 0.1) is 0 Å². The number of rotatable bonds is 2. The Morgan fingerprint density at radius 2 is 2.17 bits per heavy atom. The number of benzene rings is 1. The van der Waals surface area contributed by atoms with E-state index in [2.05, 4.69) is 18.7 Å². The minimum atomic E-state index is -0.423. The van der Waals surface area contributed by atoms with Crippen molar-refractivity contribution in [3.8, 4) is 0 Å². The van der Waals surface area contributed by atoms with Gasteiger partial charge in [-0.2, -0.15) is 11.8 Å². The molecule has 1 fully saturated rings. The highest BCUT2D eigenvalue weighted by Gasteiger charge is 2.29. The van der Waals surface area contributed by atoms with Crippen molar-refractivity contribution < 1.29 is 4.79 Å². The highest BCUT2D eigenvalue weighted by molar-refractivity contribution is 8.00. The van der Waals surface area contributed by atoms with E-state index in [1.165, 1.54) is 0 Å². The van der Waals surface area contributed by atoms with Crippen molar-refractivity contribution >= 4 is 29.0 Å². The number of carbonyl (C=O) groups is 1. The summed E-state index contributed by atoms with van der Waals surface area (Å²) in [4.78, 5) is 13.7. The Morgan fingerprint density at radius 3 is 2.78 bits per heavy atom. The molecule has 0 aromatic heterocycles. The number of thioether (sulfide) groups is 1. The summed E-state index contributed by atoms with van der Waals surface area (Å²) in [7, 11) is 0. The molecule has 1 aromatic rings. The predicted molar refractivity (Wildman–Crippen MR) is 78.1 cm³/mol. The quantitative estimate of drug-likeness (QED) is 0.798. The van der Waals surface area contributed by atoms with E-state index in [-0.39, 0.29) is 4.75 Å². The van der Waals surface area contributed by atoms with Gasteiger partial charge in [-0.25, -0.2) is 0 Å². The lowest BCUT2D eigenvalue weighted by molar-refractivity contribution is 0.100. The first-order chi connectivity index (χ1) is 8.41. The van der Waals surface area contributed by atoms with Gasteiger partial charge in [0.2, 0.25) is 0 Å². The van der Waals surface area contributed by atoms with E-state index in [1.807, 2.05) is 17.8 Å². The van der Waals surface area contributed by atoms with Crippen LogP contribution in [0.25, 0.3) is 0 Å². The van der Waals surface area contributed by atoms with Gasteiger partial charge in [0.15, 0.2) is 0 Å². The number of primary amides is 1.